The predicted octanol–water partition coefficient (Wildman–Crippen LogP) is 3.41. The molecule has 0 atom stereocenters. The minimum absolute atomic E-state index is 0.338. The summed E-state index contributed by atoms with van der Waals surface area (Å²) in [7, 11) is 0. The van der Waals surface area contributed by atoms with Gasteiger partial charge in [-0.25, -0.2) is 9.18 Å². The number of carbonyl (C=O) groups excluding carboxylic acids is 1. The molecule has 0 aliphatic heterocycles. The van der Waals surface area contributed by atoms with E-state index in [1.807, 2.05) is 0 Å². The van der Waals surface area contributed by atoms with Crippen molar-refractivity contribution in [2.24, 2.45) is 0 Å². The molecular weight excluding hydrogens is 219 g/mol. The Hall–Kier alpha value is -1.84. The molecule has 1 aromatic carbocycles. The highest BCUT2D eigenvalue weighted by Crippen LogP contribution is 2.22. The summed E-state index contributed by atoms with van der Waals surface area (Å²) < 4.78 is 12.9. The average Bonchev–Trinajstić information content (AvgIpc) is 2.79. The van der Waals surface area contributed by atoms with Gasteiger partial charge in [0, 0.05) is 11.9 Å². The molecular formula is C13H15FN2O. The summed E-state index contributed by atoms with van der Waals surface area (Å²) in [5.74, 6) is -0.364. The summed E-state index contributed by atoms with van der Waals surface area (Å²) in [4.78, 5) is 11.5. The molecule has 2 N–H and O–H groups in total. The quantitative estimate of drug-likeness (QED) is 0.809. The van der Waals surface area contributed by atoms with Gasteiger partial charge in [0.25, 0.3) is 0 Å². The molecule has 0 aromatic heterocycles. The first kappa shape index (κ1) is 11.6. The Bertz CT molecular complexity index is 435. The van der Waals surface area contributed by atoms with Crippen molar-refractivity contribution in [3.63, 3.8) is 0 Å². The summed E-state index contributed by atoms with van der Waals surface area (Å²) in [5, 5.41) is 5.23. The van der Waals surface area contributed by atoms with E-state index in [9.17, 15) is 9.18 Å². The van der Waals surface area contributed by atoms with Crippen molar-refractivity contribution >= 4 is 11.7 Å². The summed E-state index contributed by atoms with van der Waals surface area (Å²) in [6.45, 7) is 0. The van der Waals surface area contributed by atoms with E-state index in [0.717, 1.165) is 12.8 Å². The molecule has 2 rings (SSSR count). The fraction of sp³-hybridized carbons (Fsp3) is 0.308. The third-order valence-corrected chi connectivity index (χ3v) is 2.74. The molecule has 1 aromatic rings. The standard InChI is InChI=1S/C13H15FN2O/c14-11-6-3-7-12(8-11)16-13(17)15-9-10-4-1-2-5-10/h3,6-9H,1-2,4-5H2,(H2,15,16,17). The lowest BCUT2D eigenvalue weighted by Gasteiger charge is -2.05. The minimum atomic E-state index is -0.364. The van der Waals surface area contributed by atoms with Crippen LogP contribution in [0.5, 0.6) is 0 Å². The zero-order chi connectivity index (χ0) is 12.1. The number of carbonyl (C=O) groups is 1. The number of urea groups is 1. The van der Waals surface area contributed by atoms with E-state index in [-0.39, 0.29) is 11.8 Å². The van der Waals surface area contributed by atoms with Crippen LogP contribution in [-0.4, -0.2) is 6.03 Å². The van der Waals surface area contributed by atoms with Crippen molar-refractivity contribution in [2.75, 3.05) is 5.32 Å². The largest absolute Gasteiger partial charge is 0.323 e. The predicted molar refractivity (Wildman–Crippen MR) is 65.1 cm³/mol. The van der Waals surface area contributed by atoms with Crippen LogP contribution in [0.3, 0.4) is 0 Å². The van der Waals surface area contributed by atoms with Crippen LogP contribution in [0.4, 0.5) is 14.9 Å². The number of rotatable bonds is 2. The molecule has 90 valence electrons. The maximum atomic E-state index is 12.9. The maximum absolute atomic E-state index is 12.9. The van der Waals surface area contributed by atoms with Crippen molar-refractivity contribution in [3.8, 4) is 0 Å². The highest BCUT2D eigenvalue weighted by Gasteiger charge is 2.07. The molecule has 0 heterocycles. The molecule has 0 bridgehead atoms. The molecule has 0 saturated heterocycles. The fourth-order valence-electron chi connectivity index (χ4n) is 1.87. The van der Waals surface area contributed by atoms with Gasteiger partial charge in [0.1, 0.15) is 5.82 Å². The van der Waals surface area contributed by atoms with E-state index < -0.39 is 0 Å². The van der Waals surface area contributed by atoms with Gasteiger partial charge < -0.3 is 10.6 Å². The lowest BCUT2D eigenvalue weighted by Crippen LogP contribution is -2.24. The van der Waals surface area contributed by atoms with Crippen LogP contribution in [0, 0.1) is 5.82 Å². The van der Waals surface area contributed by atoms with Gasteiger partial charge in [0.05, 0.1) is 0 Å². The summed E-state index contributed by atoms with van der Waals surface area (Å²) in [6, 6.07) is 5.48. The highest BCUT2D eigenvalue weighted by molar-refractivity contribution is 5.89. The average molecular weight is 234 g/mol. The van der Waals surface area contributed by atoms with Crippen molar-refractivity contribution < 1.29 is 9.18 Å². The van der Waals surface area contributed by atoms with Crippen LogP contribution in [0.25, 0.3) is 0 Å². The van der Waals surface area contributed by atoms with E-state index in [0.29, 0.717) is 5.69 Å². The van der Waals surface area contributed by atoms with Crippen LogP contribution in [0.15, 0.2) is 36.0 Å². The maximum Gasteiger partial charge on any atom is 0.323 e. The number of allylic oxidation sites excluding steroid dienone is 1. The van der Waals surface area contributed by atoms with Crippen molar-refractivity contribution in [1.82, 2.24) is 5.32 Å². The second-order valence-electron chi connectivity index (χ2n) is 4.12. The smallest absolute Gasteiger partial charge is 0.314 e. The minimum Gasteiger partial charge on any atom is -0.314 e. The monoisotopic (exact) mass is 234 g/mol. The molecule has 1 aliphatic rings. The number of halogens is 1. The molecule has 3 nitrogen and oxygen atoms in total. The first-order valence-corrected chi connectivity index (χ1v) is 5.75. The SMILES string of the molecule is O=C(NC=C1CCCC1)Nc1cccc(F)c1. The number of amides is 2. The Morgan fingerprint density at radius 2 is 2.06 bits per heavy atom. The Morgan fingerprint density at radius 1 is 1.29 bits per heavy atom. The van der Waals surface area contributed by atoms with E-state index in [1.165, 1.54) is 30.5 Å². The van der Waals surface area contributed by atoms with Gasteiger partial charge in [0.2, 0.25) is 0 Å². The summed E-state index contributed by atoms with van der Waals surface area (Å²) in [5.41, 5.74) is 1.71. The molecule has 0 spiro atoms. The molecule has 4 heteroatoms. The second-order valence-corrected chi connectivity index (χ2v) is 4.12. The zero-order valence-electron chi connectivity index (χ0n) is 9.50. The topological polar surface area (TPSA) is 41.1 Å². The lowest BCUT2D eigenvalue weighted by atomic mass is 10.2. The zero-order valence-corrected chi connectivity index (χ0v) is 9.50. The molecule has 17 heavy (non-hydrogen) atoms. The van der Waals surface area contributed by atoms with Crippen LogP contribution in [0.1, 0.15) is 25.7 Å². The number of benzene rings is 1. The second kappa shape index (κ2) is 5.48. The molecule has 0 unspecified atom stereocenters. The van der Waals surface area contributed by atoms with Crippen LogP contribution in [-0.2, 0) is 0 Å². The molecule has 1 aliphatic carbocycles. The van der Waals surface area contributed by atoms with Gasteiger partial charge in [-0.15, -0.1) is 0 Å². The van der Waals surface area contributed by atoms with E-state index >= 15 is 0 Å². The normalized spacial score (nSPS) is 14.5. The summed E-state index contributed by atoms with van der Waals surface area (Å²) in [6.07, 6.45) is 6.25. The van der Waals surface area contributed by atoms with Crippen molar-refractivity contribution in [3.05, 3.63) is 41.9 Å². The summed E-state index contributed by atoms with van der Waals surface area (Å²) >= 11 is 0. The fourth-order valence-corrected chi connectivity index (χ4v) is 1.87. The molecule has 1 saturated carbocycles. The first-order valence-electron chi connectivity index (χ1n) is 5.75. The first-order chi connectivity index (χ1) is 8.24. The third-order valence-electron chi connectivity index (χ3n) is 2.74. The highest BCUT2D eigenvalue weighted by atomic mass is 19.1. The number of anilines is 1. The van der Waals surface area contributed by atoms with Gasteiger partial charge in [-0.3, -0.25) is 0 Å². The number of hydrogen-bond acceptors (Lipinski definition) is 1. The Balaban J connectivity index is 1.86. The Labute approximate surface area is 99.7 Å². The number of nitrogens with one attached hydrogen (secondary N) is 2. The van der Waals surface area contributed by atoms with E-state index in [4.69, 9.17) is 0 Å². The van der Waals surface area contributed by atoms with Gasteiger partial charge in [-0.2, -0.15) is 0 Å². The van der Waals surface area contributed by atoms with Crippen LogP contribution >= 0.6 is 0 Å². The van der Waals surface area contributed by atoms with Gasteiger partial charge >= 0.3 is 6.03 Å². The lowest BCUT2D eigenvalue weighted by molar-refractivity contribution is 0.255. The van der Waals surface area contributed by atoms with Gasteiger partial charge in [0.15, 0.2) is 0 Å². The van der Waals surface area contributed by atoms with Crippen LogP contribution in [0.2, 0.25) is 0 Å². The molecule has 0 radical (unpaired) electrons. The third kappa shape index (κ3) is 3.59. The van der Waals surface area contributed by atoms with E-state index in [2.05, 4.69) is 10.6 Å². The van der Waals surface area contributed by atoms with Gasteiger partial charge in [-0.1, -0.05) is 11.6 Å². The van der Waals surface area contributed by atoms with Crippen LogP contribution < -0.4 is 10.6 Å². The Kier molecular flexibility index (Phi) is 3.75. The van der Waals surface area contributed by atoms with Crippen molar-refractivity contribution in [2.45, 2.75) is 25.7 Å². The van der Waals surface area contributed by atoms with Gasteiger partial charge in [-0.05, 0) is 43.9 Å². The molecule has 1 fully saturated rings. The van der Waals surface area contributed by atoms with Crippen molar-refractivity contribution in [1.29, 1.82) is 0 Å². The Morgan fingerprint density at radius 3 is 2.76 bits per heavy atom. The molecule has 2 amide bonds. The van der Waals surface area contributed by atoms with E-state index in [1.54, 1.807) is 18.3 Å². The number of hydrogen-bond donors (Lipinski definition) is 2.